The molecule has 2 aromatic heterocycles. The number of halogens is 1. The molecule has 0 aliphatic rings. The maximum absolute atomic E-state index is 12.8. The Hall–Kier alpha value is -5.58. The number of benzene rings is 3. The lowest BCUT2D eigenvalue weighted by Gasteiger charge is -2.13. The summed E-state index contributed by atoms with van der Waals surface area (Å²) in [6, 6.07) is 26.0. The molecule has 0 saturated carbocycles. The number of nitrogens with two attached hydrogens (primary N) is 1. The summed E-state index contributed by atoms with van der Waals surface area (Å²) in [5.74, 6) is -0.482. The number of ether oxygens (including phenoxy) is 10. The van der Waals surface area contributed by atoms with Crippen LogP contribution in [0, 0.1) is 0 Å². The second kappa shape index (κ2) is 45.6. The van der Waals surface area contributed by atoms with Crippen molar-refractivity contribution >= 4 is 17.6 Å². The molecule has 20 heteroatoms. The van der Waals surface area contributed by atoms with Gasteiger partial charge in [0.1, 0.15) is 19.3 Å². The molecule has 0 fully saturated rings. The van der Waals surface area contributed by atoms with E-state index in [1.165, 1.54) is 30.5 Å². The van der Waals surface area contributed by atoms with E-state index in [4.69, 9.17) is 69.8 Å². The van der Waals surface area contributed by atoms with E-state index in [0.717, 1.165) is 21.4 Å². The molecule has 0 aliphatic heterocycles. The SMILES string of the molecule is CC.CC.CCC.Cn1ncc(OCCOCCOCCOCCOCc2ccccc2)c(-c2ccc(CC(N)C(=O)O)cc2)c1=O.Cn1ncc(OCCOCCOCCOCCOCc2ccccc2)c(Cl)c1=O. The van der Waals surface area contributed by atoms with E-state index in [2.05, 4.69) is 24.0 Å². The van der Waals surface area contributed by atoms with Crippen molar-refractivity contribution in [1.82, 2.24) is 19.6 Å². The average molecular weight is 1090 g/mol. The summed E-state index contributed by atoms with van der Waals surface area (Å²) < 4.78 is 57.4. The molecule has 0 saturated heterocycles. The van der Waals surface area contributed by atoms with Crippen LogP contribution in [0.4, 0.5) is 0 Å². The molecule has 3 N–H and O–H groups in total. The maximum Gasteiger partial charge on any atom is 0.320 e. The van der Waals surface area contributed by atoms with E-state index in [1.807, 2.05) is 88.4 Å². The molecular formula is C56H84ClN5O14. The number of hydrogen-bond donors (Lipinski definition) is 2. The highest BCUT2D eigenvalue weighted by Crippen LogP contribution is 2.26. The molecule has 424 valence electrons. The van der Waals surface area contributed by atoms with Crippen molar-refractivity contribution in [2.75, 3.05) is 106 Å². The number of carboxylic acid groups (broad SMARTS) is 1. The van der Waals surface area contributed by atoms with E-state index in [-0.39, 0.29) is 36.0 Å². The number of carbonyl (C=O) groups is 1. The molecule has 19 nitrogen and oxygen atoms in total. The van der Waals surface area contributed by atoms with Crippen molar-refractivity contribution in [3.63, 3.8) is 0 Å². The number of hydrogen-bond acceptors (Lipinski definition) is 16. The Balaban J connectivity index is 0.000000707. The van der Waals surface area contributed by atoms with Crippen LogP contribution in [0.1, 0.15) is 64.7 Å². The zero-order valence-electron chi connectivity index (χ0n) is 46.0. The van der Waals surface area contributed by atoms with Crippen LogP contribution in [0.2, 0.25) is 5.02 Å². The fraction of sp³-hybridized carbons (Fsp3) is 0.518. The van der Waals surface area contributed by atoms with Crippen molar-refractivity contribution in [3.8, 4) is 22.6 Å². The van der Waals surface area contributed by atoms with Crippen LogP contribution in [0.25, 0.3) is 11.1 Å². The molecule has 5 aromatic rings. The molecule has 0 radical (unpaired) electrons. The lowest BCUT2D eigenvalue weighted by atomic mass is 10.0. The number of carboxylic acids is 1. The van der Waals surface area contributed by atoms with Gasteiger partial charge in [0.25, 0.3) is 11.1 Å². The van der Waals surface area contributed by atoms with Crippen LogP contribution < -0.4 is 26.3 Å². The van der Waals surface area contributed by atoms with Gasteiger partial charge >= 0.3 is 5.97 Å². The molecule has 0 bridgehead atoms. The van der Waals surface area contributed by atoms with Crippen molar-refractivity contribution in [1.29, 1.82) is 0 Å². The second-order valence-corrected chi connectivity index (χ2v) is 15.9. The Kier molecular flexibility index (Phi) is 41.1. The number of aromatic nitrogens is 4. The normalized spacial score (nSPS) is 10.8. The zero-order chi connectivity index (χ0) is 56.0. The molecule has 0 amide bonds. The Bertz CT molecular complexity index is 2310. The summed E-state index contributed by atoms with van der Waals surface area (Å²) in [6.07, 6.45) is 4.33. The average Bonchev–Trinajstić information content (AvgIpc) is 3.44. The topological polar surface area (TPSA) is 225 Å². The first-order valence-electron chi connectivity index (χ1n) is 25.9. The summed E-state index contributed by atoms with van der Waals surface area (Å²) in [5, 5.41) is 16.9. The first-order chi connectivity index (χ1) is 37.0. The third kappa shape index (κ3) is 30.8. The molecule has 0 aliphatic carbocycles. The Morgan fingerprint density at radius 2 is 0.868 bits per heavy atom. The van der Waals surface area contributed by atoms with Crippen LogP contribution >= 0.6 is 11.6 Å². The lowest BCUT2D eigenvalue weighted by molar-refractivity contribution is -0.138. The van der Waals surface area contributed by atoms with Crippen molar-refractivity contribution in [3.05, 3.63) is 140 Å². The van der Waals surface area contributed by atoms with Gasteiger partial charge in [-0.3, -0.25) is 14.4 Å². The zero-order valence-corrected chi connectivity index (χ0v) is 46.7. The van der Waals surface area contributed by atoms with Crippen LogP contribution in [0.5, 0.6) is 11.5 Å². The van der Waals surface area contributed by atoms with Gasteiger partial charge in [0.15, 0.2) is 16.5 Å². The maximum atomic E-state index is 12.8. The Morgan fingerprint density at radius 1 is 0.526 bits per heavy atom. The third-order valence-corrected chi connectivity index (χ3v) is 9.94. The fourth-order valence-electron chi connectivity index (χ4n) is 5.91. The smallest absolute Gasteiger partial charge is 0.320 e. The van der Waals surface area contributed by atoms with Gasteiger partial charge < -0.3 is 58.2 Å². The first-order valence-corrected chi connectivity index (χ1v) is 26.2. The molecular weight excluding hydrogens is 1000 g/mol. The lowest BCUT2D eigenvalue weighted by Crippen LogP contribution is -2.32. The highest BCUT2D eigenvalue weighted by molar-refractivity contribution is 6.31. The standard InChI is InChI=1S/C29H37N3O8.C20H27ClN2O6.C3H8.2C2H6/c1-32-28(33)27(24-9-7-22(8-10-24)19-25(30)29(34)35)26(20-31-32)40-18-17-38-14-13-36-11-12-37-15-16-39-21-23-5-3-2-4-6-23;1-23-20(24)19(21)18(15-22-23)29-14-13-27-10-9-25-7-8-26-11-12-28-16-17-5-3-2-4-6-17;1-3-2;2*1-2/h2-10,20,25H,11-19,21,30H2,1H3,(H,34,35);2-6,15H,7-14,16H2,1H3;3H2,1-2H3;2*1-2H3. The van der Waals surface area contributed by atoms with Gasteiger partial charge in [0.05, 0.1) is 124 Å². The van der Waals surface area contributed by atoms with E-state index in [1.54, 1.807) is 31.3 Å². The molecule has 5 rings (SSSR count). The molecule has 2 heterocycles. The van der Waals surface area contributed by atoms with E-state index >= 15 is 0 Å². The summed E-state index contributed by atoms with van der Waals surface area (Å²) in [6.45, 7) is 20.3. The van der Waals surface area contributed by atoms with Gasteiger partial charge in [-0.15, -0.1) is 0 Å². The van der Waals surface area contributed by atoms with Gasteiger partial charge in [-0.05, 0) is 28.7 Å². The molecule has 76 heavy (non-hydrogen) atoms. The van der Waals surface area contributed by atoms with Gasteiger partial charge in [-0.1, -0.05) is 144 Å². The number of aryl methyl sites for hydroxylation is 2. The van der Waals surface area contributed by atoms with Crippen LogP contribution in [0.3, 0.4) is 0 Å². The second-order valence-electron chi connectivity index (χ2n) is 15.6. The van der Waals surface area contributed by atoms with Gasteiger partial charge in [0, 0.05) is 14.1 Å². The van der Waals surface area contributed by atoms with Gasteiger partial charge in [-0.2, -0.15) is 10.2 Å². The van der Waals surface area contributed by atoms with Crippen molar-refractivity contribution < 1.29 is 57.3 Å². The van der Waals surface area contributed by atoms with Crippen LogP contribution in [-0.2, 0) is 76.4 Å². The predicted octanol–water partition coefficient (Wildman–Crippen LogP) is 7.59. The van der Waals surface area contributed by atoms with E-state index in [0.29, 0.717) is 123 Å². The fourth-order valence-corrected chi connectivity index (χ4v) is 6.14. The summed E-state index contributed by atoms with van der Waals surface area (Å²) in [4.78, 5) is 35.4. The first kappa shape index (κ1) is 68.4. The molecule has 0 spiro atoms. The van der Waals surface area contributed by atoms with E-state index in [9.17, 15) is 14.4 Å². The van der Waals surface area contributed by atoms with Crippen LogP contribution in [0.15, 0.2) is 107 Å². The number of rotatable bonds is 34. The summed E-state index contributed by atoms with van der Waals surface area (Å²) in [5.41, 5.74) is 8.92. The summed E-state index contributed by atoms with van der Waals surface area (Å²) >= 11 is 5.90. The molecule has 1 unspecified atom stereocenters. The number of nitrogens with zero attached hydrogens (tertiary/aromatic N) is 4. The van der Waals surface area contributed by atoms with Crippen molar-refractivity contribution in [2.45, 2.75) is 73.6 Å². The number of aliphatic carboxylic acids is 1. The third-order valence-electron chi connectivity index (χ3n) is 9.59. The minimum Gasteiger partial charge on any atom is -0.489 e. The quantitative estimate of drug-likeness (QED) is 0.0378. The largest absolute Gasteiger partial charge is 0.489 e. The minimum absolute atomic E-state index is 0.0105. The summed E-state index contributed by atoms with van der Waals surface area (Å²) in [7, 11) is 3.08. The Morgan fingerprint density at radius 3 is 1.26 bits per heavy atom. The highest BCUT2D eigenvalue weighted by Gasteiger charge is 2.16. The van der Waals surface area contributed by atoms with E-state index < -0.39 is 17.6 Å². The van der Waals surface area contributed by atoms with Crippen LogP contribution in [-0.4, -0.2) is 142 Å². The predicted molar refractivity (Wildman–Crippen MR) is 295 cm³/mol. The van der Waals surface area contributed by atoms with Crippen molar-refractivity contribution in [2.24, 2.45) is 19.8 Å². The minimum atomic E-state index is -1.07. The Labute approximate surface area is 454 Å². The highest BCUT2D eigenvalue weighted by atomic mass is 35.5. The monoisotopic (exact) mass is 1090 g/mol. The molecule has 3 aromatic carbocycles. The molecule has 1 atom stereocenters. The van der Waals surface area contributed by atoms with Gasteiger partial charge in [-0.25, -0.2) is 9.36 Å². The van der Waals surface area contributed by atoms with Gasteiger partial charge in [0.2, 0.25) is 0 Å².